The lowest BCUT2D eigenvalue weighted by Crippen LogP contribution is -2.36. The van der Waals surface area contributed by atoms with Gasteiger partial charge < -0.3 is 10.2 Å². The molecule has 2 aromatic rings. The Kier molecular flexibility index (Phi) is 5.57. The third-order valence-electron chi connectivity index (χ3n) is 6.81. The highest BCUT2D eigenvalue weighted by atomic mass is 16.4. The van der Waals surface area contributed by atoms with Gasteiger partial charge in [0.1, 0.15) is 0 Å². The van der Waals surface area contributed by atoms with Crippen LogP contribution in [0.5, 0.6) is 0 Å². The molecule has 4 heteroatoms. The summed E-state index contributed by atoms with van der Waals surface area (Å²) in [6, 6.07) is 12.6. The van der Waals surface area contributed by atoms with Gasteiger partial charge in [-0.05, 0) is 58.7 Å². The van der Waals surface area contributed by atoms with Crippen molar-refractivity contribution in [3.8, 4) is 0 Å². The molecule has 3 rings (SSSR count). The second kappa shape index (κ2) is 7.66. The molecule has 2 unspecified atom stereocenters. The first-order valence-electron chi connectivity index (χ1n) is 10.2. The van der Waals surface area contributed by atoms with Crippen molar-refractivity contribution in [1.29, 1.82) is 0 Å². The standard InChI is InChI=1S/C25H29O4/c1-5-6-7-8-21-24(2,3)20-15-17(23(28)29)11-14-19(20)25(21,4)18-12-9-16(10-13-18)22(26)27/h9-15,21H,1,5-8H2,2-4H3,(H,26,27)(H,28,29). The average molecular weight is 394 g/mol. The summed E-state index contributed by atoms with van der Waals surface area (Å²) in [5.41, 5.74) is 3.31. The smallest absolute Gasteiger partial charge is 0.335 e. The summed E-state index contributed by atoms with van der Waals surface area (Å²) in [7, 11) is 0. The lowest BCUT2D eigenvalue weighted by molar-refractivity contribution is 0.0686. The summed E-state index contributed by atoms with van der Waals surface area (Å²) in [5.74, 6) is -1.60. The first-order chi connectivity index (χ1) is 13.6. The highest BCUT2D eigenvalue weighted by molar-refractivity contribution is 5.88. The van der Waals surface area contributed by atoms with Gasteiger partial charge in [-0.15, -0.1) is 0 Å². The molecule has 0 saturated carbocycles. The van der Waals surface area contributed by atoms with Crippen molar-refractivity contribution in [2.45, 2.75) is 57.3 Å². The quantitative estimate of drug-likeness (QED) is 0.593. The van der Waals surface area contributed by atoms with E-state index in [9.17, 15) is 19.8 Å². The third kappa shape index (κ3) is 3.45. The molecule has 0 bridgehead atoms. The molecule has 4 nitrogen and oxygen atoms in total. The Morgan fingerprint density at radius 2 is 1.48 bits per heavy atom. The van der Waals surface area contributed by atoms with E-state index in [0.29, 0.717) is 5.56 Å². The number of rotatable bonds is 7. The molecule has 29 heavy (non-hydrogen) atoms. The van der Waals surface area contributed by atoms with Crippen LogP contribution in [0.3, 0.4) is 0 Å². The van der Waals surface area contributed by atoms with E-state index in [2.05, 4.69) is 27.7 Å². The number of hydrogen-bond acceptors (Lipinski definition) is 2. The SMILES string of the molecule is [CH2]CCCCC1C(C)(C)c2cc(C(=O)O)ccc2C1(C)c1ccc(C(=O)O)cc1. The normalized spacial score (nSPS) is 22.3. The summed E-state index contributed by atoms with van der Waals surface area (Å²) >= 11 is 0. The van der Waals surface area contributed by atoms with Gasteiger partial charge in [0.05, 0.1) is 11.1 Å². The van der Waals surface area contributed by atoms with Crippen LogP contribution in [0.4, 0.5) is 0 Å². The number of carbonyl (C=O) groups is 2. The molecule has 0 aliphatic heterocycles. The predicted molar refractivity (Wildman–Crippen MR) is 114 cm³/mol. The van der Waals surface area contributed by atoms with Crippen LogP contribution in [0.15, 0.2) is 42.5 Å². The van der Waals surface area contributed by atoms with Crippen molar-refractivity contribution in [3.63, 3.8) is 0 Å². The van der Waals surface area contributed by atoms with Gasteiger partial charge in [-0.1, -0.05) is 65.2 Å². The molecule has 2 N–H and O–H groups in total. The predicted octanol–water partition coefficient (Wildman–Crippen LogP) is 5.69. The minimum atomic E-state index is -0.938. The molecule has 2 aromatic carbocycles. The first kappa shape index (κ1) is 21.1. The van der Waals surface area contributed by atoms with E-state index in [4.69, 9.17) is 0 Å². The van der Waals surface area contributed by atoms with Crippen molar-refractivity contribution in [2.75, 3.05) is 0 Å². The lowest BCUT2D eigenvalue weighted by atomic mass is 9.64. The minimum absolute atomic E-state index is 0.206. The Bertz CT molecular complexity index is 926. The van der Waals surface area contributed by atoms with Crippen LogP contribution in [0.2, 0.25) is 0 Å². The van der Waals surface area contributed by atoms with E-state index in [1.807, 2.05) is 24.3 Å². The van der Waals surface area contributed by atoms with E-state index in [1.165, 1.54) is 0 Å². The lowest BCUT2D eigenvalue weighted by Gasteiger charge is -2.39. The van der Waals surface area contributed by atoms with Gasteiger partial charge >= 0.3 is 11.9 Å². The first-order valence-corrected chi connectivity index (χ1v) is 10.2. The molecule has 0 spiro atoms. The van der Waals surface area contributed by atoms with Crippen LogP contribution in [0, 0.1) is 12.8 Å². The van der Waals surface area contributed by atoms with Crippen molar-refractivity contribution in [3.05, 3.63) is 77.2 Å². The topological polar surface area (TPSA) is 74.6 Å². The molecule has 0 heterocycles. The molecule has 0 amide bonds. The Balaban J connectivity index is 2.17. The van der Waals surface area contributed by atoms with E-state index in [0.717, 1.165) is 42.4 Å². The van der Waals surface area contributed by atoms with Crippen LogP contribution in [-0.2, 0) is 10.8 Å². The summed E-state index contributed by atoms with van der Waals surface area (Å²) in [5, 5.41) is 18.8. The summed E-state index contributed by atoms with van der Waals surface area (Å²) in [6.45, 7) is 10.6. The maximum Gasteiger partial charge on any atom is 0.335 e. The second-order valence-electron chi connectivity index (χ2n) is 8.77. The fraction of sp³-hybridized carbons (Fsp3) is 0.400. The second-order valence-corrected chi connectivity index (χ2v) is 8.77. The van der Waals surface area contributed by atoms with Gasteiger partial charge in [-0.3, -0.25) is 0 Å². The molecule has 1 radical (unpaired) electrons. The maximum absolute atomic E-state index is 11.6. The Hall–Kier alpha value is -2.62. The van der Waals surface area contributed by atoms with E-state index >= 15 is 0 Å². The molecule has 153 valence electrons. The number of fused-ring (bicyclic) bond motifs is 1. The molecular formula is C25H29O4. The highest BCUT2D eigenvalue weighted by Crippen LogP contribution is 2.58. The largest absolute Gasteiger partial charge is 0.478 e. The van der Waals surface area contributed by atoms with E-state index in [-0.39, 0.29) is 22.3 Å². The Morgan fingerprint density at radius 1 is 0.897 bits per heavy atom. The zero-order valence-electron chi connectivity index (χ0n) is 17.4. The average Bonchev–Trinajstić information content (AvgIpc) is 2.86. The molecule has 0 fully saturated rings. The van der Waals surface area contributed by atoms with Crippen LogP contribution >= 0.6 is 0 Å². The van der Waals surface area contributed by atoms with Gasteiger partial charge in [0.2, 0.25) is 0 Å². The molecule has 2 atom stereocenters. The maximum atomic E-state index is 11.6. The number of carboxylic acids is 2. The summed E-state index contributed by atoms with van der Waals surface area (Å²) in [6.07, 6.45) is 4.00. The van der Waals surface area contributed by atoms with Crippen molar-refractivity contribution in [2.24, 2.45) is 5.92 Å². The molecule has 0 saturated heterocycles. The molecule has 0 aromatic heterocycles. The number of benzene rings is 2. The van der Waals surface area contributed by atoms with Crippen molar-refractivity contribution >= 4 is 11.9 Å². The molecule has 1 aliphatic rings. The number of hydrogen-bond donors (Lipinski definition) is 2. The van der Waals surface area contributed by atoms with E-state index < -0.39 is 11.9 Å². The van der Waals surface area contributed by atoms with Crippen molar-refractivity contribution < 1.29 is 19.8 Å². The third-order valence-corrected chi connectivity index (χ3v) is 6.81. The summed E-state index contributed by atoms with van der Waals surface area (Å²) < 4.78 is 0. The summed E-state index contributed by atoms with van der Waals surface area (Å²) in [4.78, 5) is 22.9. The Labute approximate surface area is 172 Å². The zero-order chi connectivity index (χ0) is 21.4. The fourth-order valence-corrected chi connectivity index (χ4v) is 5.25. The van der Waals surface area contributed by atoms with Crippen LogP contribution in [0.1, 0.15) is 83.9 Å². The monoisotopic (exact) mass is 393 g/mol. The van der Waals surface area contributed by atoms with Crippen molar-refractivity contribution in [1.82, 2.24) is 0 Å². The van der Waals surface area contributed by atoms with Gasteiger partial charge in [-0.25, -0.2) is 9.59 Å². The van der Waals surface area contributed by atoms with Gasteiger partial charge in [0, 0.05) is 5.41 Å². The highest BCUT2D eigenvalue weighted by Gasteiger charge is 2.53. The van der Waals surface area contributed by atoms with Gasteiger partial charge in [-0.2, -0.15) is 0 Å². The van der Waals surface area contributed by atoms with Crippen LogP contribution in [0.25, 0.3) is 0 Å². The van der Waals surface area contributed by atoms with Crippen LogP contribution < -0.4 is 0 Å². The van der Waals surface area contributed by atoms with Gasteiger partial charge in [0.25, 0.3) is 0 Å². The van der Waals surface area contributed by atoms with Crippen LogP contribution in [-0.4, -0.2) is 22.2 Å². The molecular weight excluding hydrogens is 364 g/mol. The zero-order valence-corrected chi connectivity index (χ0v) is 17.4. The van der Waals surface area contributed by atoms with Gasteiger partial charge in [0.15, 0.2) is 0 Å². The number of unbranched alkanes of at least 4 members (excludes halogenated alkanes) is 2. The fourth-order valence-electron chi connectivity index (χ4n) is 5.25. The minimum Gasteiger partial charge on any atom is -0.478 e. The number of carboxylic acid groups (broad SMARTS) is 2. The van der Waals surface area contributed by atoms with E-state index in [1.54, 1.807) is 18.2 Å². The molecule has 1 aliphatic carbocycles. The Morgan fingerprint density at radius 3 is 2.03 bits per heavy atom. The number of aromatic carboxylic acids is 2.